The molecular formula is C15H16S3. The first-order valence-corrected chi connectivity index (χ1v) is 9.51. The third-order valence-corrected chi connectivity index (χ3v) is 5.22. The van der Waals surface area contributed by atoms with E-state index in [0.29, 0.717) is 0 Å². The van der Waals surface area contributed by atoms with E-state index in [1.54, 1.807) is 10.8 Å². The fourth-order valence-electron chi connectivity index (χ4n) is 1.64. The van der Waals surface area contributed by atoms with Crippen molar-refractivity contribution in [2.75, 3.05) is 6.26 Å². The minimum atomic E-state index is 1.08. The van der Waals surface area contributed by atoms with Crippen LogP contribution in [0.3, 0.4) is 0 Å². The molecular weight excluding hydrogens is 276 g/mol. The molecule has 0 nitrogen and oxygen atoms in total. The smallest absolute Gasteiger partial charge is 0.0188 e. The Labute approximate surface area is 121 Å². The summed E-state index contributed by atoms with van der Waals surface area (Å²) in [6, 6.07) is 19.5. The van der Waals surface area contributed by atoms with Crippen LogP contribution in [-0.2, 0) is 11.5 Å². The van der Waals surface area contributed by atoms with Crippen LogP contribution in [0.15, 0.2) is 59.5 Å². The van der Waals surface area contributed by atoms with Crippen molar-refractivity contribution in [3.8, 4) is 0 Å². The summed E-state index contributed by atoms with van der Waals surface area (Å²) in [5.74, 6) is 2.17. The molecule has 0 aliphatic carbocycles. The molecule has 2 rings (SSSR count). The van der Waals surface area contributed by atoms with Crippen molar-refractivity contribution in [1.82, 2.24) is 0 Å². The predicted molar refractivity (Wildman–Crippen MR) is 87.3 cm³/mol. The van der Waals surface area contributed by atoms with Gasteiger partial charge in [0.05, 0.1) is 0 Å². The Morgan fingerprint density at radius 2 is 1.56 bits per heavy atom. The molecule has 0 amide bonds. The summed E-state index contributed by atoms with van der Waals surface area (Å²) >= 11 is 1.97. The number of benzene rings is 2. The summed E-state index contributed by atoms with van der Waals surface area (Å²) in [6.45, 7) is 0. The highest BCUT2D eigenvalue weighted by Gasteiger charge is 1.98. The number of hydrogen-bond donors (Lipinski definition) is 0. The lowest BCUT2D eigenvalue weighted by molar-refractivity contribution is 1.32. The maximum absolute atomic E-state index is 2.29. The Morgan fingerprint density at radius 3 is 2.33 bits per heavy atom. The fraction of sp³-hybridized carbons (Fsp3) is 0.200. The number of rotatable bonds is 6. The Balaban J connectivity index is 1.84. The van der Waals surface area contributed by atoms with Crippen molar-refractivity contribution >= 4 is 33.3 Å². The molecule has 0 N–H and O–H groups in total. The lowest BCUT2D eigenvalue weighted by Gasteiger charge is -2.04. The molecule has 0 saturated carbocycles. The fourth-order valence-corrected chi connectivity index (χ4v) is 4.00. The summed E-state index contributed by atoms with van der Waals surface area (Å²) in [5, 5.41) is 0. The normalized spacial score (nSPS) is 10.5. The van der Waals surface area contributed by atoms with Gasteiger partial charge < -0.3 is 0 Å². The van der Waals surface area contributed by atoms with Gasteiger partial charge in [0.2, 0.25) is 0 Å². The van der Waals surface area contributed by atoms with Gasteiger partial charge in [-0.25, -0.2) is 0 Å². The zero-order chi connectivity index (χ0) is 12.6. The van der Waals surface area contributed by atoms with E-state index in [9.17, 15) is 0 Å². The third kappa shape index (κ3) is 4.63. The van der Waals surface area contributed by atoms with Crippen LogP contribution in [0, 0.1) is 0 Å². The van der Waals surface area contributed by atoms with Crippen molar-refractivity contribution in [2.24, 2.45) is 0 Å². The van der Waals surface area contributed by atoms with E-state index in [1.807, 2.05) is 22.6 Å². The average Bonchev–Trinajstić information content (AvgIpc) is 2.41. The molecule has 94 valence electrons. The molecule has 0 spiro atoms. The van der Waals surface area contributed by atoms with Gasteiger partial charge in [0, 0.05) is 16.4 Å². The zero-order valence-electron chi connectivity index (χ0n) is 10.3. The van der Waals surface area contributed by atoms with Gasteiger partial charge in [-0.05, 0) is 29.5 Å². The van der Waals surface area contributed by atoms with E-state index in [1.165, 1.54) is 16.0 Å². The number of thioether (sulfide) groups is 1. The van der Waals surface area contributed by atoms with E-state index in [-0.39, 0.29) is 0 Å². The molecule has 2 aromatic rings. The molecule has 18 heavy (non-hydrogen) atoms. The molecule has 0 aromatic heterocycles. The van der Waals surface area contributed by atoms with Gasteiger partial charge in [0.25, 0.3) is 0 Å². The molecule has 0 atom stereocenters. The Kier molecular flexibility index (Phi) is 6.05. The summed E-state index contributed by atoms with van der Waals surface area (Å²) in [6.07, 6.45) is 2.11. The Hall–Kier alpha value is -0.510. The highest BCUT2D eigenvalue weighted by Crippen LogP contribution is 2.29. The molecule has 0 radical (unpaired) electrons. The van der Waals surface area contributed by atoms with Gasteiger partial charge in [-0.3, -0.25) is 0 Å². The average molecular weight is 292 g/mol. The first-order valence-electron chi connectivity index (χ1n) is 5.80. The summed E-state index contributed by atoms with van der Waals surface area (Å²) in [5.41, 5.74) is 2.81. The molecule has 3 heteroatoms. The van der Waals surface area contributed by atoms with Crippen LogP contribution in [0.4, 0.5) is 0 Å². The van der Waals surface area contributed by atoms with Gasteiger partial charge in [-0.1, -0.05) is 64.1 Å². The van der Waals surface area contributed by atoms with Gasteiger partial charge in [-0.15, -0.1) is 0 Å². The van der Waals surface area contributed by atoms with Crippen LogP contribution in [0.1, 0.15) is 11.1 Å². The molecule has 0 saturated heterocycles. The first-order chi connectivity index (χ1) is 8.88. The van der Waals surface area contributed by atoms with Crippen molar-refractivity contribution in [1.29, 1.82) is 0 Å². The SMILES string of the molecule is CSSc1cccc(CSCc2ccccc2)c1. The lowest BCUT2D eigenvalue weighted by atomic mass is 10.2. The molecule has 0 heterocycles. The van der Waals surface area contributed by atoms with Crippen LogP contribution < -0.4 is 0 Å². The van der Waals surface area contributed by atoms with E-state index < -0.39 is 0 Å². The van der Waals surface area contributed by atoms with E-state index in [2.05, 4.69) is 60.9 Å². The van der Waals surface area contributed by atoms with Gasteiger partial charge in [-0.2, -0.15) is 11.8 Å². The second-order valence-corrected chi connectivity index (χ2v) is 7.33. The second kappa shape index (κ2) is 7.82. The van der Waals surface area contributed by atoms with E-state index in [0.717, 1.165) is 11.5 Å². The third-order valence-electron chi connectivity index (χ3n) is 2.46. The van der Waals surface area contributed by atoms with Gasteiger partial charge in [0.15, 0.2) is 0 Å². The summed E-state index contributed by atoms with van der Waals surface area (Å²) in [7, 11) is 3.62. The Morgan fingerprint density at radius 1 is 0.833 bits per heavy atom. The molecule has 0 bridgehead atoms. The monoisotopic (exact) mass is 292 g/mol. The second-order valence-electron chi connectivity index (χ2n) is 3.88. The molecule has 2 aromatic carbocycles. The lowest BCUT2D eigenvalue weighted by Crippen LogP contribution is -1.83. The van der Waals surface area contributed by atoms with Crippen molar-refractivity contribution < 1.29 is 0 Å². The van der Waals surface area contributed by atoms with Crippen molar-refractivity contribution in [2.45, 2.75) is 16.4 Å². The summed E-state index contributed by atoms with van der Waals surface area (Å²) < 4.78 is 0. The van der Waals surface area contributed by atoms with Gasteiger partial charge in [0.1, 0.15) is 0 Å². The maximum atomic E-state index is 2.29. The van der Waals surface area contributed by atoms with Crippen LogP contribution in [0.2, 0.25) is 0 Å². The topological polar surface area (TPSA) is 0 Å². The van der Waals surface area contributed by atoms with Gasteiger partial charge >= 0.3 is 0 Å². The molecule has 0 aliphatic rings. The van der Waals surface area contributed by atoms with Crippen LogP contribution in [0.5, 0.6) is 0 Å². The Bertz CT molecular complexity index is 468. The highest BCUT2D eigenvalue weighted by molar-refractivity contribution is 8.76. The first kappa shape index (κ1) is 13.9. The standard InChI is InChI=1S/C15H16S3/c1-16-18-15-9-5-8-14(10-15)12-17-11-13-6-3-2-4-7-13/h2-10H,11-12H2,1H3. The van der Waals surface area contributed by atoms with Crippen molar-refractivity contribution in [3.63, 3.8) is 0 Å². The minimum Gasteiger partial charge on any atom is -0.152 e. The largest absolute Gasteiger partial charge is 0.152 e. The predicted octanol–water partition coefficient (Wildman–Crippen LogP) is 5.49. The molecule has 0 fully saturated rings. The van der Waals surface area contributed by atoms with Crippen LogP contribution in [-0.4, -0.2) is 6.26 Å². The maximum Gasteiger partial charge on any atom is 0.0188 e. The van der Waals surface area contributed by atoms with Crippen LogP contribution in [0.25, 0.3) is 0 Å². The van der Waals surface area contributed by atoms with E-state index in [4.69, 9.17) is 0 Å². The van der Waals surface area contributed by atoms with Crippen molar-refractivity contribution in [3.05, 3.63) is 65.7 Å². The number of hydrogen-bond acceptors (Lipinski definition) is 3. The quantitative estimate of drug-likeness (QED) is 0.646. The highest BCUT2D eigenvalue weighted by atomic mass is 33.1. The van der Waals surface area contributed by atoms with E-state index >= 15 is 0 Å². The minimum absolute atomic E-state index is 1.08. The van der Waals surface area contributed by atoms with Crippen LogP contribution >= 0.6 is 33.3 Å². The molecule has 0 aliphatic heterocycles. The molecule has 0 unspecified atom stereocenters. The zero-order valence-corrected chi connectivity index (χ0v) is 12.8. The summed E-state index contributed by atoms with van der Waals surface area (Å²) in [4.78, 5) is 1.35.